The van der Waals surface area contributed by atoms with Crippen LogP contribution in [0.2, 0.25) is 0 Å². The molecule has 1 fully saturated rings. The lowest BCUT2D eigenvalue weighted by atomic mass is 10.1. The van der Waals surface area contributed by atoms with E-state index in [0.717, 1.165) is 18.4 Å². The molecule has 1 aliphatic heterocycles. The van der Waals surface area contributed by atoms with Gasteiger partial charge in [-0.1, -0.05) is 17.7 Å². The molecule has 0 spiro atoms. The first kappa shape index (κ1) is 24.2. The summed E-state index contributed by atoms with van der Waals surface area (Å²) in [6, 6.07) is 5.03. The average molecular weight is 512 g/mol. The minimum atomic E-state index is -2.89. The van der Waals surface area contributed by atoms with Gasteiger partial charge in [-0.05, 0) is 32.8 Å². The van der Waals surface area contributed by atoms with Crippen LogP contribution in [0, 0.1) is 6.92 Å². The Bertz CT molecular complexity index is 668. The van der Waals surface area contributed by atoms with Gasteiger partial charge in [-0.3, -0.25) is 0 Å². The molecule has 0 saturated carbocycles. The molecule has 10 heteroatoms. The molecule has 0 bridgehead atoms. The molecule has 2 rings (SSSR count). The molecule has 158 valence electrons. The third-order valence-electron chi connectivity index (χ3n) is 4.22. The van der Waals surface area contributed by atoms with Crippen molar-refractivity contribution in [1.82, 2.24) is 10.2 Å². The quantitative estimate of drug-likeness (QED) is 0.347. The second kappa shape index (κ2) is 11.9. The molecule has 0 unspecified atom stereocenters. The maximum absolute atomic E-state index is 12.5. The summed E-state index contributed by atoms with van der Waals surface area (Å²) in [7, 11) is 0. The van der Waals surface area contributed by atoms with Crippen molar-refractivity contribution in [1.29, 1.82) is 0 Å². The summed E-state index contributed by atoms with van der Waals surface area (Å²) >= 11 is 0. The van der Waals surface area contributed by atoms with Crippen LogP contribution in [-0.2, 0) is 11.3 Å². The number of piperidine rings is 1. The molecule has 1 aliphatic rings. The lowest BCUT2D eigenvalue weighted by Gasteiger charge is -2.31. The van der Waals surface area contributed by atoms with Crippen molar-refractivity contribution < 1.29 is 23.0 Å². The number of carbonyl (C=O) groups excluding carboxylic acids is 1. The predicted octanol–water partition coefficient (Wildman–Crippen LogP) is 3.24. The fourth-order valence-corrected chi connectivity index (χ4v) is 2.89. The zero-order valence-electron chi connectivity index (χ0n) is 16.0. The molecule has 0 aliphatic carbocycles. The first-order chi connectivity index (χ1) is 12.9. The Balaban J connectivity index is 0.00000392. The van der Waals surface area contributed by atoms with Crippen molar-refractivity contribution in [3.05, 3.63) is 29.3 Å². The van der Waals surface area contributed by atoms with Crippen LogP contribution in [0.4, 0.5) is 13.6 Å². The molecule has 3 N–H and O–H groups in total. The maximum atomic E-state index is 12.5. The summed E-state index contributed by atoms with van der Waals surface area (Å²) in [6.45, 7) is 2.38. The van der Waals surface area contributed by atoms with Gasteiger partial charge >= 0.3 is 12.7 Å². The first-order valence-corrected chi connectivity index (χ1v) is 8.91. The summed E-state index contributed by atoms with van der Waals surface area (Å²) in [5.41, 5.74) is 7.38. The number of halogens is 3. The van der Waals surface area contributed by atoms with Gasteiger partial charge in [0.1, 0.15) is 5.75 Å². The van der Waals surface area contributed by atoms with Gasteiger partial charge in [-0.25, -0.2) is 9.79 Å². The van der Waals surface area contributed by atoms with Crippen molar-refractivity contribution in [2.24, 2.45) is 10.7 Å². The average Bonchev–Trinajstić information content (AvgIpc) is 2.62. The largest absolute Gasteiger partial charge is 0.450 e. The van der Waals surface area contributed by atoms with Crippen molar-refractivity contribution in [2.75, 3.05) is 19.7 Å². The van der Waals surface area contributed by atoms with Crippen molar-refractivity contribution in [2.45, 2.75) is 45.9 Å². The number of hydrogen-bond donors (Lipinski definition) is 2. The van der Waals surface area contributed by atoms with E-state index in [2.05, 4.69) is 15.0 Å². The molecule has 1 amide bonds. The highest BCUT2D eigenvalue weighted by Gasteiger charge is 2.23. The number of nitrogens with one attached hydrogen (secondary N) is 1. The van der Waals surface area contributed by atoms with Gasteiger partial charge in [-0.15, -0.1) is 24.0 Å². The second-order valence-corrected chi connectivity index (χ2v) is 6.30. The molecule has 0 aromatic heterocycles. The molecular weight excluding hydrogens is 485 g/mol. The number of amides is 1. The number of likely N-dealkylation sites (tertiary alicyclic amines) is 1. The summed E-state index contributed by atoms with van der Waals surface area (Å²) in [4.78, 5) is 17.6. The third kappa shape index (κ3) is 7.64. The number of benzene rings is 1. The minimum Gasteiger partial charge on any atom is -0.450 e. The monoisotopic (exact) mass is 512 g/mol. The van der Waals surface area contributed by atoms with Gasteiger partial charge in [0.25, 0.3) is 0 Å². The number of ether oxygens (including phenoxy) is 2. The SMILES string of the molecule is CCOC(=O)N1CCC(NC(N)=NCc2cc(C)ccc2OC(F)F)CC1.I. The Morgan fingerprint density at radius 3 is 2.68 bits per heavy atom. The lowest BCUT2D eigenvalue weighted by Crippen LogP contribution is -2.48. The highest BCUT2D eigenvalue weighted by atomic mass is 127. The number of rotatable bonds is 6. The van der Waals surface area contributed by atoms with Gasteiger partial charge in [0.05, 0.1) is 13.2 Å². The van der Waals surface area contributed by atoms with Crippen LogP contribution in [0.1, 0.15) is 30.9 Å². The van der Waals surface area contributed by atoms with Crippen LogP contribution in [0.25, 0.3) is 0 Å². The maximum Gasteiger partial charge on any atom is 0.409 e. The third-order valence-corrected chi connectivity index (χ3v) is 4.22. The molecule has 7 nitrogen and oxygen atoms in total. The molecule has 1 aromatic rings. The topological polar surface area (TPSA) is 89.2 Å². The Hall–Kier alpha value is -1.85. The molecule has 1 heterocycles. The summed E-state index contributed by atoms with van der Waals surface area (Å²) in [5.74, 6) is 0.323. The number of aryl methyl sites for hydroxylation is 1. The molecular formula is C18H27F2IN4O3. The molecule has 1 aromatic carbocycles. The minimum absolute atomic E-state index is 0. The number of carbonyl (C=O) groups is 1. The fraction of sp³-hybridized carbons (Fsp3) is 0.556. The Labute approximate surface area is 180 Å². The first-order valence-electron chi connectivity index (χ1n) is 8.91. The molecule has 0 radical (unpaired) electrons. The van der Waals surface area contributed by atoms with E-state index in [-0.39, 0.29) is 54.4 Å². The molecule has 1 saturated heterocycles. The highest BCUT2D eigenvalue weighted by molar-refractivity contribution is 14.0. The van der Waals surface area contributed by atoms with Crippen LogP contribution in [0.15, 0.2) is 23.2 Å². The van der Waals surface area contributed by atoms with Gasteiger partial charge in [0.15, 0.2) is 5.96 Å². The number of nitrogens with two attached hydrogens (primary N) is 1. The number of alkyl halides is 2. The van der Waals surface area contributed by atoms with E-state index in [0.29, 0.717) is 25.3 Å². The second-order valence-electron chi connectivity index (χ2n) is 6.30. The number of hydrogen-bond acceptors (Lipinski definition) is 4. The number of nitrogens with zero attached hydrogens (tertiary/aromatic N) is 2. The molecule has 0 atom stereocenters. The summed E-state index contributed by atoms with van der Waals surface area (Å²) in [6.07, 6.45) is 1.14. The van der Waals surface area contributed by atoms with Crippen LogP contribution in [-0.4, -0.2) is 49.3 Å². The van der Waals surface area contributed by atoms with Crippen molar-refractivity contribution in [3.63, 3.8) is 0 Å². The van der Waals surface area contributed by atoms with Crippen LogP contribution in [0.3, 0.4) is 0 Å². The van der Waals surface area contributed by atoms with E-state index in [1.54, 1.807) is 24.0 Å². The van der Waals surface area contributed by atoms with Gasteiger partial charge < -0.3 is 25.4 Å². The van der Waals surface area contributed by atoms with E-state index in [9.17, 15) is 13.6 Å². The Morgan fingerprint density at radius 1 is 1.39 bits per heavy atom. The molecule has 28 heavy (non-hydrogen) atoms. The fourth-order valence-electron chi connectivity index (χ4n) is 2.89. The Kier molecular flexibility index (Phi) is 10.3. The number of aliphatic imine (C=N–C) groups is 1. The van der Waals surface area contributed by atoms with Crippen LogP contribution >= 0.6 is 24.0 Å². The zero-order chi connectivity index (χ0) is 19.8. The van der Waals surface area contributed by atoms with Gasteiger partial charge in [0.2, 0.25) is 0 Å². The summed E-state index contributed by atoms with van der Waals surface area (Å²) < 4.78 is 34.5. The van der Waals surface area contributed by atoms with E-state index in [4.69, 9.17) is 10.5 Å². The van der Waals surface area contributed by atoms with E-state index >= 15 is 0 Å². The van der Waals surface area contributed by atoms with Crippen molar-refractivity contribution >= 4 is 36.0 Å². The van der Waals surface area contributed by atoms with Gasteiger partial charge in [-0.2, -0.15) is 8.78 Å². The lowest BCUT2D eigenvalue weighted by molar-refractivity contribution is -0.0504. The summed E-state index contributed by atoms with van der Waals surface area (Å²) in [5, 5.41) is 3.12. The van der Waals surface area contributed by atoms with Crippen LogP contribution < -0.4 is 15.8 Å². The van der Waals surface area contributed by atoms with E-state index in [1.165, 1.54) is 6.07 Å². The van der Waals surface area contributed by atoms with Crippen molar-refractivity contribution in [3.8, 4) is 5.75 Å². The number of guanidine groups is 1. The Morgan fingerprint density at radius 2 is 2.07 bits per heavy atom. The zero-order valence-corrected chi connectivity index (χ0v) is 18.3. The smallest absolute Gasteiger partial charge is 0.409 e. The highest BCUT2D eigenvalue weighted by Crippen LogP contribution is 2.23. The van der Waals surface area contributed by atoms with Gasteiger partial charge in [0, 0.05) is 24.7 Å². The standard InChI is InChI=1S/C18H26F2N4O3.HI/c1-3-26-18(25)24-8-6-14(7-9-24)23-17(21)22-11-13-10-12(2)4-5-15(13)27-16(19)20;/h4-5,10,14,16H,3,6-9,11H2,1-2H3,(H3,21,22,23);1H. The van der Waals surface area contributed by atoms with Crippen LogP contribution in [0.5, 0.6) is 5.75 Å². The normalized spacial score (nSPS) is 15.2. The predicted molar refractivity (Wildman–Crippen MR) is 113 cm³/mol. The van der Waals surface area contributed by atoms with E-state index < -0.39 is 6.61 Å². The van der Waals surface area contributed by atoms with E-state index in [1.807, 2.05) is 6.92 Å².